The van der Waals surface area contributed by atoms with E-state index >= 15 is 0 Å². The average Bonchev–Trinajstić information content (AvgIpc) is 2.19. The molecular formula is C11H19Cl2N3. The Morgan fingerprint density at radius 2 is 1.62 bits per heavy atom. The number of rotatable bonds is 5. The Hall–Kier alpha value is -0.770. The largest absolute Gasteiger partial charge is 0.384 e. The Morgan fingerprint density at radius 3 is 2.06 bits per heavy atom. The molecule has 1 aromatic carbocycles. The summed E-state index contributed by atoms with van der Waals surface area (Å²) in [6.45, 7) is 0.755. The molecule has 0 aliphatic rings. The normalized spacial score (nSPS) is 8.81. The molecule has 0 aromatic heterocycles. The van der Waals surface area contributed by atoms with Gasteiger partial charge < -0.3 is 11.5 Å². The number of hydrogen-bond donors (Lipinski definition) is 3. The lowest BCUT2D eigenvalue weighted by Crippen LogP contribution is -2.10. The lowest BCUT2D eigenvalue weighted by molar-refractivity contribution is 0.745. The van der Waals surface area contributed by atoms with E-state index in [0.29, 0.717) is 0 Å². The minimum absolute atomic E-state index is 0. The van der Waals surface area contributed by atoms with E-state index in [0.717, 1.165) is 31.4 Å². The highest BCUT2D eigenvalue weighted by molar-refractivity contribution is 5.94. The maximum atomic E-state index is 7.23. The van der Waals surface area contributed by atoms with Crippen LogP contribution in [0.25, 0.3) is 0 Å². The molecule has 1 aromatic rings. The quantitative estimate of drug-likeness (QED) is 0.432. The zero-order chi connectivity index (χ0) is 10.4. The molecule has 0 bridgehead atoms. The summed E-state index contributed by atoms with van der Waals surface area (Å²) in [5, 5.41) is 7.23. The number of amidine groups is 1. The van der Waals surface area contributed by atoms with E-state index in [1.54, 1.807) is 0 Å². The summed E-state index contributed by atoms with van der Waals surface area (Å²) in [6, 6.07) is 7.82. The standard InChI is InChI=1S/C11H17N3.2ClH/c12-8-2-1-3-9-4-6-10(7-5-9)11(13)14;;/h4-7H,1-3,8,12H2,(H3,13,14);2*1H. The van der Waals surface area contributed by atoms with Crippen LogP contribution in [-0.2, 0) is 6.42 Å². The van der Waals surface area contributed by atoms with Gasteiger partial charge in [-0.1, -0.05) is 24.3 Å². The van der Waals surface area contributed by atoms with Gasteiger partial charge in [-0.3, -0.25) is 5.41 Å². The number of hydrogen-bond acceptors (Lipinski definition) is 2. The second kappa shape index (κ2) is 9.46. The molecule has 0 fully saturated rings. The van der Waals surface area contributed by atoms with Crippen molar-refractivity contribution in [3.63, 3.8) is 0 Å². The van der Waals surface area contributed by atoms with Gasteiger partial charge >= 0.3 is 0 Å². The molecule has 0 saturated carbocycles. The zero-order valence-corrected chi connectivity index (χ0v) is 10.7. The summed E-state index contributed by atoms with van der Waals surface area (Å²) in [5.74, 6) is 0.124. The van der Waals surface area contributed by atoms with Crippen LogP contribution in [-0.4, -0.2) is 12.4 Å². The predicted molar refractivity (Wildman–Crippen MR) is 73.9 cm³/mol. The molecular weight excluding hydrogens is 245 g/mol. The van der Waals surface area contributed by atoms with E-state index in [4.69, 9.17) is 16.9 Å². The molecule has 5 heteroatoms. The van der Waals surface area contributed by atoms with Gasteiger partial charge in [0.05, 0.1) is 0 Å². The minimum atomic E-state index is 0. The van der Waals surface area contributed by atoms with Gasteiger partial charge in [0.2, 0.25) is 0 Å². The number of halogens is 2. The molecule has 0 spiro atoms. The Labute approximate surface area is 109 Å². The Kier molecular flexibility index (Phi) is 10.4. The third kappa shape index (κ3) is 5.95. The second-order valence-electron chi connectivity index (χ2n) is 3.36. The van der Waals surface area contributed by atoms with Crippen LogP contribution in [0.4, 0.5) is 0 Å². The predicted octanol–water partition coefficient (Wildman–Crippen LogP) is 2.10. The lowest BCUT2D eigenvalue weighted by Gasteiger charge is -2.02. The van der Waals surface area contributed by atoms with E-state index in [1.807, 2.05) is 24.3 Å². The van der Waals surface area contributed by atoms with Crippen molar-refractivity contribution >= 4 is 30.6 Å². The first-order valence-electron chi connectivity index (χ1n) is 4.87. The van der Waals surface area contributed by atoms with Crippen molar-refractivity contribution in [2.45, 2.75) is 19.3 Å². The maximum absolute atomic E-state index is 7.23. The molecule has 0 unspecified atom stereocenters. The van der Waals surface area contributed by atoms with Crippen LogP contribution in [0.1, 0.15) is 24.0 Å². The summed E-state index contributed by atoms with van der Waals surface area (Å²) in [7, 11) is 0. The average molecular weight is 264 g/mol. The molecule has 0 heterocycles. The molecule has 16 heavy (non-hydrogen) atoms. The summed E-state index contributed by atoms with van der Waals surface area (Å²) < 4.78 is 0. The van der Waals surface area contributed by atoms with Crippen LogP contribution < -0.4 is 11.5 Å². The fourth-order valence-corrected chi connectivity index (χ4v) is 1.32. The van der Waals surface area contributed by atoms with E-state index in [-0.39, 0.29) is 30.6 Å². The van der Waals surface area contributed by atoms with Crippen molar-refractivity contribution in [3.05, 3.63) is 35.4 Å². The van der Waals surface area contributed by atoms with Crippen LogP contribution in [0.15, 0.2) is 24.3 Å². The number of nitrogens with one attached hydrogen (secondary N) is 1. The summed E-state index contributed by atoms with van der Waals surface area (Å²) in [4.78, 5) is 0. The van der Waals surface area contributed by atoms with Crippen LogP contribution in [0.3, 0.4) is 0 Å². The highest BCUT2D eigenvalue weighted by atomic mass is 35.5. The van der Waals surface area contributed by atoms with Crippen molar-refractivity contribution in [1.82, 2.24) is 0 Å². The van der Waals surface area contributed by atoms with Gasteiger partial charge in [-0.2, -0.15) is 0 Å². The Balaban J connectivity index is 0. The topological polar surface area (TPSA) is 75.9 Å². The number of nitrogens with two attached hydrogens (primary N) is 2. The van der Waals surface area contributed by atoms with Crippen molar-refractivity contribution in [2.24, 2.45) is 11.5 Å². The second-order valence-corrected chi connectivity index (χ2v) is 3.36. The number of nitrogen functional groups attached to an aromatic ring is 1. The first-order valence-corrected chi connectivity index (χ1v) is 4.87. The first kappa shape index (κ1) is 17.6. The first-order chi connectivity index (χ1) is 6.74. The van der Waals surface area contributed by atoms with E-state index in [1.165, 1.54) is 5.56 Å². The highest BCUT2D eigenvalue weighted by Crippen LogP contribution is 2.07. The number of unbranched alkanes of at least 4 members (excludes halogenated alkanes) is 1. The third-order valence-electron chi connectivity index (χ3n) is 2.18. The van der Waals surface area contributed by atoms with E-state index in [2.05, 4.69) is 0 Å². The van der Waals surface area contributed by atoms with Gasteiger partial charge in [0.1, 0.15) is 5.84 Å². The molecule has 5 N–H and O–H groups in total. The number of aryl methyl sites for hydroxylation is 1. The molecule has 92 valence electrons. The summed E-state index contributed by atoms with van der Waals surface area (Å²) in [5.41, 5.74) is 12.8. The SMILES string of the molecule is Cl.Cl.N=C(N)c1ccc(CCCCN)cc1. The lowest BCUT2D eigenvalue weighted by atomic mass is 10.1. The number of benzene rings is 1. The molecule has 3 nitrogen and oxygen atoms in total. The summed E-state index contributed by atoms with van der Waals surface area (Å²) >= 11 is 0. The fraction of sp³-hybridized carbons (Fsp3) is 0.364. The van der Waals surface area contributed by atoms with Crippen LogP contribution in [0, 0.1) is 5.41 Å². The monoisotopic (exact) mass is 263 g/mol. The van der Waals surface area contributed by atoms with Gasteiger partial charge in [0, 0.05) is 5.56 Å². The Morgan fingerprint density at radius 1 is 1.06 bits per heavy atom. The molecule has 1 rings (SSSR count). The van der Waals surface area contributed by atoms with Crippen molar-refractivity contribution in [1.29, 1.82) is 5.41 Å². The molecule has 0 atom stereocenters. The third-order valence-corrected chi connectivity index (χ3v) is 2.18. The van der Waals surface area contributed by atoms with Crippen molar-refractivity contribution < 1.29 is 0 Å². The van der Waals surface area contributed by atoms with Gasteiger partial charge in [-0.05, 0) is 31.4 Å². The molecule has 0 saturated heterocycles. The van der Waals surface area contributed by atoms with Gasteiger partial charge in [-0.15, -0.1) is 24.8 Å². The highest BCUT2D eigenvalue weighted by Gasteiger charge is 1.96. The van der Waals surface area contributed by atoms with Crippen molar-refractivity contribution in [2.75, 3.05) is 6.54 Å². The maximum Gasteiger partial charge on any atom is 0.122 e. The molecule has 0 amide bonds. The summed E-state index contributed by atoms with van der Waals surface area (Å²) in [6.07, 6.45) is 3.24. The fourth-order valence-electron chi connectivity index (χ4n) is 1.32. The van der Waals surface area contributed by atoms with Crippen LogP contribution in [0.2, 0.25) is 0 Å². The minimum Gasteiger partial charge on any atom is -0.384 e. The van der Waals surface area contributed by atoms with Gasteiger partial charge in [-0.25, -0.2) is 0 Å². The smallest absolute Gasteiger partial charge is 0.122 e. The zero-order valence-electron chi connectivity index (χ0n) is 9.11. The van der Waals surface area contributed by atoms with Gasteiger partial charge in [0.15, 0.2) is 0 Å². The van der Waals surface area contributed by atoms with E-state index < -0.39 is 0 Å². The molecule has 0 aliphatic heterocycles. The van der Waals surface area contributed by atoms with Crippen LogP contribution in [0.5, 0.6) is 0 Å². The van der Waals surface area contributed by atoms with Crippen LogP contribution >= 0.6 is 24.8 Å². The molecule has 0 radical (unpaired) electrons. The van der Waals surface area contributed by atoms with Crippen molar-refractivity contribution in [3.8, 4) is 0 Å². The molecule has 0 aliphatic carbocycles. The van der Waals surface area contributed by atoms with E-state index in [9.17, 15) is 0 Å². The Bertz CT molecular complexity index is 299. The van der Waals surface area contributed by atoms with Gasteiger partial charge in [0.25, 0.3) is 0 Å².